The minimum Gasteiger partial charge on any atom is -0.368 e. The molecule has 21 heavy (non-hydrogen) atoms. The third-order valence-electron chi connectivity index (χ3n) is 4.13. The van der Waals surface area contributed by atoms with Crippen LogP contribution < -0.4 is 11.1 Å². The molecule has 0 spiro atoms. The molecule has 0 aliphatic heterocycles. The van der Waals surface area contributed by atoms with Crippen molar-refractivity contribution in [1.29, 1.82) is 0 Å². The van der Waals surface area contributed by atoms with Crippen molar-refractivity contribution in [1.82, 2.24) is 5.32 Å². The fourth-order valence-corrected chi connectivity index (χ4v) is 3.93. The summed E-state index contributed by atoms with van der Waals surface area (Å²) in [6, 6.07) is 10.3. The van der Waals surface area contributed by atoms with Gasteiger partial charge in [-0.05, 0) is 54.0 Å². The number of carbonyl (C=O) groups is 1. The molecule has 1 unspecified atom stereocenters. The lowest BCUT2D eigenvalue weighted by molar-refractivity contribution is -0.125. The minimum atomic E-state index is -0.634. The van der Waals surface area contributed by atoms with Gasteiger partial charge in [0.1, 0.15) is 5.54 Å². The molecule has 1 aliphatic rings. The summed E-state index contributed by atoms with van der Waals surface area (Å²) in [6.45, 7) is 0.687. The smallest absolute Gasteiger partial charge is 0.238 e. The van der Waals surface area contributed by atoms with Gasteiger partial charge in [-0.2, -0.15) is 0 Å². The van der Waals surface area contributed by atoms with Crippen LogP contribution in [0, 0.1) is 0 Å². The maximum atomic E-state index is 12.1. The van der Waals surface area contributed by atoms with Crippen LogP contribution in [-0.4, -0.2) is 11.4 Å². The number of hydrogen-bond donors (Lipinski definition) is 2. The Morgan fingerprint density at radius 2 is 2.24 bits per heavy atom. The van der Waals surface area contributed by atoms with E-state index in [1.807, 2.05) is 17.5 Å². The molecule has 0 fully saturated rings. The number of nitrogens with two attached hydrogens (primary N) is 1. The van der Waals surface area contributed by atoms with Crippen LogP contribution in [0.1, 0.15) is 22.4 Å². The predicted octanol–water partition coefficient (Wildman–Crippen LogP) is 3.01. The van der Waals surface area contributed by atoms with Gasteiger partial charge in [-0.25, -0.2) is 0 Å². The van der Waals surface area contributed by atoms with Crippen LogP contribution in [0.2, 0.25) is 0 Å². The van der Waals surface area contributed by atoms with Crippen molar-refractivity contribution < 1.29 is 4.79 Å². The van der Waals surface area contributed by atoms with Crippen LogP contribution in [0.15, 0.2) is 40.2 Å². The van der Waals surface area contributed by atoms with Crippen molar-refractivity contribution >= 4 is 33.2 Å². The lowest BCUT2D eigenvalue weighted by Gasteiger charge is -2.36. The van der Waals surface area contributed by atoms with E-state index < -0.39 is 5.54 Å². The summed E-state index contributed by atoms with van der Waals surface area (Å²) < 4.78 is 1.08. The molecular formula is C16H17BrN2OS. The summed E-state index contributed by atoms with van der Waals surface area (Å²) in [4.78, 5) is 13.3. The molecule has 3 N–H and O–H groups in total. The average Bonchev–Trinajstić information content (AvgIpc) is 2.98. The van der Waals surface area contributed by atoms with E-state index in [4.69, 9.17) is 5.73 Å². The standard InChI is InChI=1S/C16H17BrN2OS/c17-13-4-3-12-9-16(15(18)20,6-5-11(12)8-13)19-10-14-2-1-7-21-14/h1-4,7-8,19H,5-6,9-10H2,(H2,18,20). The molecule has 0 bridgehead atoms. The van der Waals surface area contributed by atoms with Gasteiger partial charge in [-0.15, -0.1) is 11.3 Å². The number of benzene rings is 1. The summed E-state index contributed by atoms with van der Waals surface area (Å²) in [5.74, 6) is -0.257. The highest BCUT2D eigenvalue weighted by Gasteiger charge is 2.39. The number of fused-ring (bicyclic) bond motifs is 1. The summed E-state index contributed by atoms with van der Waals surface area (Å²) in [5, 5.41) is 5.46. The van der Waals surface area contributed by atoms with E-state index in [0.29, 0.717) is 13.0 Å². The van der Waals surface area contributed by atoms with Crippen LogP contribution in [0.3, 0.4) is 0 Å². The van der Waals surface area contributed by atoms with E-state index in [1.54, 1.807) is 11.3 Å². The fourth-order valence-electron chi connectivity index (χ4n) is 2.88. The Hall–Kier alpha value is -1.17. The fraction of sp³-hybridized carbons (Fsp3) is 0.312. The molecule has 1 aliphatic carbocycles. The SMILES string of the molecule is NC(=O)C1(NCc2cccs2)CCc2cc(Br)ccc2C1. The van der Waals surface area contributed by atoms with Gasteiger partial charge in [0.25, 0.3) is 0 Å². The second-order valence-electron chi connectivity index (χ2n) is 5.47. The Kier molecular flexibility index (Phi) is 4.15. The normalized spacial score (nSPS) is 21.0. The second kappa shape index (κ2) is 5.91. The van der Waals surface area contributed by atoms with E-state index in [0.717, 1.165) is 17.3 Å². The number of nitrogens with one attached hydrogen (secondary N) is 1. The van der Waals surface area contributed by atoms with Crippen molar-refractivity contribution in [2.24, 2.45) is 5.73 Å². The molecule has 1 aromatic carbocycles. The maximum Gasteiger partial charge on any atom is 0.238 e. The van der Waals surface area contributed by atoms with E-state index in [-0.39, 0.29) is 5.91 Å². The van der Waals surface area contributed by atoms with E-state index in [9.17, 15) is 4.79 Å². The zero-order valence-corrected chi connectivity index (χ0v) is 14.0. The first-order chi connectivity index (χ1) is 10.1. The molecular weight excluding hydrogens is 348 g/mol. The Labute approximate surface area is 136 Å². The van der Waals surface area contributed by atoms with Crippen molar-refractivity contribution in [3.05, 3.63) is 56.2 Å². The van der Waals surface area contributed by atoms with Crippen molar-refractivity contribution in [2.75, 3.05) is 0 Å². The molecule has 5 heteroatoms. The number of halogens is 1. The highest BCUT2D eigenvalue weighted by molar-refractivity contribution is 9.10. The van der Waals surface area contributed by atoms with Gasteiger partial charge < -0.3 is 5.73 Å². The van der Waals surface area contributed by atoms with Gasteiger partial charge in [0.05, 0.1) is 0 Å². The monoisotopic (exact) mass is 364 g/mol. The number of primary amides is 1. The van der Waals surface area contributed by atoms with Gasteiger partial charge in [-0.3, -0.25) is 10.1 Å². The van der Waals surface area contributed by atoms with Crippen LogP contribution in [0.4, 0.5) is 0 Å². The Bertz CT molecular complexity index is 656. The zero-order chi connectivity index (χ0) is 14.9. The third-order valence-corrected chi connectivity index (χ3v) is 5.50. The first kappa shape index (κ1) is 14.8. The summed E-state index contributed by atoms with van der Waals surface area (Å²) in [7, 11) is 0. The van der Waals surface area contributed by atoms with Crippen LogP contribution in [-0.2, 0) is 24.2 Å². The van der Waals surface area contributed by atoms with Crippen LogP contribution in [0.25, 0.3) is 0 Å². The molecule has 1 atom stereocenters. The molecule has 3 nitrogen and oxygen atoms in total. The number of rotatable bonds is 4. The quantitative estimate of drug-likeness (QED) is 0.875. The second-order valence-corrected chi connectivity index (χ2v) is 7.42. The summed E-state index contributed by atoms with van der Waals surface area (Å²) in [5.41, 5.74) is 7.60. The molecule has 0 saturated heterocycles. The Balaban J connectivity index is 1.82. The lowest BCUT2D eigenvalue weighted by Crippen LogP contribution is -2.58. The van der Waals surface area contributed by atoms with Crippen molar-refractivity contribution in [3.8, 4) is 0 Å². The van der Waals surface area contributed by atoms with Crippen molar-refractivity contribution in [2.45, 2.75) is 31.3 Å². The zero-order valence-electron chi connectivity index (χ0n) is 11.6. The first-order valence-electron chi connectivity index (χ1n) is 6.94. The molecule has 2 aromatic rings. The highest BCUT2D eigenvalue weighted by atomic mass is 79.9. The van der Waals surface area contributed by atoms with Gasteiger partial charge in [-0.1, -0.05) is 28.1 Å². The molecule has 0 radical (unpaired) electrons. The number of hydrogen-bond acceptors (Lipinski definition) is 3. The van der Waals surface area contributed by atoms with Crippen LogP contribution in [0.5, 0.6) is 0 Å². The number of aryl methyl sites for hydroxylation is 1. The highest BCUT2D eigenvalue weighted by Crippen LogP contribution is 2.31. The third kappa shape index (κ3) is 3.05. The topological polar surface area (TPSA) is 55.1 Å². The van der Waals surface area contributed by atoms with E-state index in [2.05, 4.69) is 39.4 Å². The predicted molar refractivity (Wildman–Crippen MR) is 89.3 cm³/mol. The first-order valence-corrected chi connectivity index (χ1v) is 8.61. The minimum absolute atomic E-state index is 0.257. The Morgan fingerprint density at radius 1 is 1.38 bits per heavy atom. The number of amides is 1. The number of carbonyl (C=O) groups excluding carboxylic acids is 1. The molecule has 110 valence electrons. The Morgan fingerprint density at radius 3 is 2.95 bits per heavy atom. The van der Waals surface area contributed by atoms with Gasteiger partial charge in [0.15, 0.2) is 0 Å². The largest absolute Gasteiger partial charge is 0.368 e. The molecule has 3 rings (SSSR count). The van der Waals surface area contributed by atoms with Gasteiger partial charge in [0.2, 0.25) is 5.91 Å². The van der Waals surface area contributed by atoms with E-state index >= 15 is 0 Å². The molecule has 1 amide bonds. The maximum absolute atomic E-state index is 12.1. The number of thiophene rings is 1. The average molecular weight is 365 g/mol. The summed E-state index contributed by atoms with van der Waals surface area (Å²) in [6.07, 6.45) is 2.28. The lowest BCUT2D eigenvalue weighted by atomic mass is 9.77. The van der Waals surface area contributed by atoms with E-state index in [1.165, 1.54) is 16.0 Å². The summed E-state index contributed by atoms with van der Waals surface area (Å²) >= 11 is 5.19. The van der Waals surface area contributed by atoms with Crippen molar-refractivity contribution in [3.63, 3.8) is 0 Å². The molecule has 1 aromatic heterocycles. The van der Waals surface area contributed by atoms with Gasteiger partial charge >= 0.3 is 0 Å². The molecule has 0 saturated carbocycles. The molecule has 1 heterocycles. The van der Waals surface area contributed by atoms with Gasteiger partial charge in [0, 0.05) is 15.9 Å². The van der Waals surface area contributed by atoms with Crippen LogP contribution >= 0.6 is 27.3 Å².